The number of anilines is 3. The van der Waals surface area contributed by atoms with Gasteiger partial charge in [-0.15, -0.1) is 22.7 Å². The van der Waals surface area contributed by atoms with E-state index in [9.17, 15) is 0 Å². The van der Waals surface area contributed by atoms with Crippen molar-refractivity contribution in [2.45, 2.75) is 0 Å². The molecule has 0 fully saturated rings. The van der Waals surface area contributed by atoms with Gasteiger partial charge in [0.2, 0.25) is 0 Å². The first-order valence-electron chi connectivity index (χ1n) is 18.7. The molecule has 0 atom stereocenters. The molecule has 55 heavy (non-hydrogen) atoms. The van der Waals surface area contributed by atoms with Crippen molar-refractivity contribution in [2.24, 2.45) is 0 Å². The average molecular weight is 736 g/mol. The minimum Gasteiger partial charge on any atom is -0.310 e. The maximum absolute atomic E-state index is 2.45. The van der Waals surface area contributed by atoms with Gasteiger partial charge in [0.1, 0.15) is 0 Å². The van der Waals surface area contributed by atoms with Gasteiger partial charge in [-0.25, -0.2) is 0 Å². The van der Waals surface area contributed by atoms with Crippen molar-refractivity contribution < 1.29 is 0 Å². The molecule has 2 heterocycles. The normalized spacial score (nSPS) is 11.6. The summed E-state index contributed by atoms with van der Waals surface area (Å²) in [6.45, 7) is 0. The molecule has 0 bridgehead atoms. The molecular formula is C52H33NS2. The SMILES string of the molecule is c1ccc(-c2ccc(N(c3cc(-c4cccc5ccccc45)cc(-c4cccc5c4sc4ccccc45)c3)c3ccc4sc5ccccc5c4c3)cc2)cc1. The van der Waals surface area contributed by atoms with E-state index in [0.717, 1.165) is 17.1 Å². The Morgan fingerprint density at radius 3 is 1.67 bits per heavy atom. The zero-order valence-corrected chi connectivity index (χ0v) is 31.4. The molecule has 0 spiro atoms. The summed E-state index contributed by atoms with van der Waals surface area (Å²) < 4.78 is 5.23. The zero-order valence-electron chi connectivity index (χ0n) is 29.8. The van der Waals surface area contributed by atoms with E-state index < -0.39 is 0 Å². The van der Waals surface area contributed by atoms with Crippen molar-refractivity contribution in [3.63, 3.8) is 0 Å². The van der Waals surface area contributed by atoms with Gasteiger partial charge in [0.15, 0.2) is 0 Å². The van der Waals surface area contributed by atoms with E-state index in [1.807, 2.05) is 22.7 Å². The fourth-order valence-electron chi connectivity index (χ4n) is 8.24. The smallest absolute Gasteiger partial charge is 0.0473 e. The lowest BCUT2D eigenvalue weighted by Gasteiger charge is -2.27. The molecule has 0 saturated heterocycles. The van der Waals surface area contributed by atoms with E-state index >= 15 is 0 Å². The van der Waals surface area contributed by atoms with Crippen molar-refractivity contribution in [3.8, 4) is 33.4 Å². The summed E-state index contributed by atoms with van der Waals surface area (Å²) in [7, 11) is 0. The number of hydrogen-bond donors (Lipinski definition) is 0. The van der Waals surface area contributed by atoms with Crippen LogP contribution in [-0.2, 0) is 0 Å². The third kappa shape index (κ3) is 5.51. The van der Waals surface area contributed by atoms with E-state index in [1.165, 1.54) is 84.5 Å². The van der Waals surface area contributed by atoms with Gasteiger partial charge < -0.3 is 4.90 Å². The molecule has 0 aliphatic carbocycles. The van der Waals surface area contributed by atoms with Gasteiger partial charge in [-0.05, 0) is 105 Å². The van der Waals surface area contributed by atoms with Crippen LogP contribution in [-0.4, -0.2) is 0 Å². The van der Waals surface area contributed by atoms with E-state index in [2.05, 4.69) is 205 Å². The van der Waals surface area contributed by atoms with Crippen LogP contribution in [0.2, 0.25) is 0 Å². The second-order valence-electron chi connectivity index (χ2n) is 14.1. The lowest BCUT2D eigenvalue weighted by molar-refractivity contribution is 1.29. The predicted molar refractivity (Wildman–Crippen MR) is 241 cm³/mol. The molecule has 2 aromatic heterocycles. The lowest BCUT2D eigenvalue weighted by Crippen LogP contribution is -2.10. The highest BCUT2D eigenvalue weighted by atomic mass is 32.1. The maximum Gasteiger partial charge on any atom is 0.0473 e. The number of nitrogens with zero attached hydrogens (tertiary/aromatic N) is 1. The Balaban J connectivity index is 1.18. The largest absolute Gasteiger partial charge is 0.310 e. The molecule has 9 aromatic carbocycles. The Kier molecular flexibility index (Phi) is 7.61. The highest BCUT2D eigenvalue weighted by molar-refractivity contribution is 7.26. The fourth-order valence-corrected chi connectivity index (χ4v) is 10.6. The summed E-state index contributed by atoms with van der Waals surface area (Å²) in [6.07, 6.45) is 0. The monoisotopic (exact) mass is 735 g/mol. The van der Waals surface area contributed by atoms with E-state index in [0.29, 0.717) is 0 Å². The quantitative estimate of drug-likeness (QED) is 0.164. The summed E-state index contributed by atoms with van der Waals surface area (Å²) in [6, 6.07) is 73.6. The molecule has 258 valence electrons. The Morgan fingerprint density at radius 2 is 0.855 bits per heavy atom. The van der Waals surface area contributed by atoms with E-state index in [4.69, 9.17) is 0 Å². The van der Waals surface area contributed by atoms with Crippen LogP contribution in [0.25, 0.3) is 84.5 Å². The zero-order chi connectivity index (χ0) is 36.3. The topological polar surface area (TPSA) is 3.24 Å². The van der Waals surface area contributed by atoms with Crippen LogP contribution in [0.5, 0.6) is 0 Å². The predicted octanol–water partition coefficient (Wildman–Crippen LogP) is 16.0. The van der Waals surface area contributed by atoms with Gasteiger partial charge in [-0.1, -0.05) is 140 Å². The van der Waals surface area contributed by atoms with Crippen LogP contribution < -0.4 is 4.90 Å². The Bertz CT molecular complexity index is 3200. The van der Waals surface area contributed by atoms with Gasteiger partial charge in [0.25, 0.3) is 0 Å². The van der Waals surface area contributed by atoms with Crippen LogP contribution >= 0.6 is 22.7 Å². The molecule has 11 rings (SSSR count). The average Bonchev–Trinajstić information content (AvgIpc) is 3.82. The number of benzene rings is 9. The van der Waals surface area contributed by atoms with Gasteiger partial charge in [0.05, 0.1) is 0 Å². The van der Waals surface area contributed by atoms with E-state index in [1.54, 1.807) is 0 Å². The highest BCUT2D eigenvalue weighted by Gasteiger charge is 2.20. The molecule has 0 aliphatic heterocycles. The third-order valence-corrected chi connectivity index (χ3v) is 13.2. The first kappa shape index (κ1) is 32.0. The van der Waals surface area contributed by atoms with E-state index in [-0.39, 0.29) is 0 Å². The molecule has 0 amide bonds. The summed E-state index contributed by atoms with van der Waals surface area (Å²) in [4.78, 5) is 2.45. The Hall–Kier alpha value is -6.52. The van der Waals surface area contributed by atoms with Crippen molar-refractivity contribution in [2.75, 3.05) is 4.90 Å². The van der Waals surface area contributed by atoms with Crippen molar-refractivity contribution in [1.82, 2.24) is 0 Å². The first-order chi connectivity index (χ1) is 27.2. The van der Waals surface area contributed by atoms with Crippen LogP contribution in [0, 0.1) is 0 Å². The van der Waals surface area contributed by atoms with Crippen molar-refractivity contribution in [1.29, 1.82) is 0 Å². The first-order valence-corrected chi connectivity index (χ1v) is 20.3. The summed E-state index contributed by atoms with van der Waals surface area (Å²) in [5.41, 5.74) is 10.6. The molecule has 1 nitrogen and oxygen atoms in total. The standard InChI is InChI=1S/C52H33NS2/c1-2-12-34(13-3-1)35-24-26-39(27-25-35)53(40-28-29-51-48(33-40)46-18-7-8-22-49(46)54-51)41-31-37(43-19-10-15-36-14-4-5-16-42(36)43)30-38(32-41)44-20-11-21-47-45-17-6-9-23-50(45)55-52(44)47/h1-33H. The number of thiophene rings is 2. The number of hydrogen-bond acceptors (Lipinski definition) is 3. The molecular weight excluding hydrogens is 703 g/mol. The van der Waals surface area contributed by atoms with Crippen LogP contribution in [0.1, 0.15) is 0 Å². The van der Waals surface area contributed by atoms with Crippen LogP contribution in [0.4, 0.5) is 17.1 Å². The van der Waals surface area contributed by atoms with Gasteiger partial charge in [0, 0.05) is 57.4 Å². The molecule has 0 N–H and O–H groups in total. The second kappa shape index (κ2) is 13.1. The van der Waals surface area contributed by atoms with Crippen molar-refractivity contribution in [3.05, 3.63) is 200 Å². The van der Waals surface area contributed by atoms with Gasteiger partial charge >= 0.3 is 0 Å². The molecule has 11 aromatic rings. The second-order valence-corrected chi connectivity index (χ2v) is 16.2. The summed E-state index contributed by atoms with van der Waals surface area (Å²) >= 11 is 3.74. The van der Waals surface area contributed by atoms with Gasteiger partial charge in [-0.2, -0.15) is 0 Å². The molecule has 0 radical (unpaired) electrons. The molecule has 0 unspecified atom stereocenters. The van der Waals surface area contributed by atoms with Crippen LogP contribution in [0.15, 0.2) is 200 Å². The Morgan fingerprint density at radius 1 is 0.291 bits per heavy atom. The maximum atomic E-state index is 2.45. The summed E-state index contributed by atoms with van der Waals surface area (Å²) in [5, 5.41) is 7.68. The lowest BCUT2D eigenvalue weighted by atomic mass is 9.93. The highest BCUT2D eigenvalue weighted by Crippen LogP contribution is 2.46. The van der Waals surface area contributed by atoms with Crippen molar-refractivity contribution >= 4 is 90.9 Å². The third-order valence-electron chi connectivity index (χ3n) is 10.8. The fraction of sp³-hybridized carbons (Fsp3) is 0. The molecule has 0 aliphatic rings. The Labute approximate surface area is 327 Å². The van der Waals surface area contributed by atoms with Crippen LogP contribution in [0.3, 0.4) is 0 Å². The number of rotatable bonds is 6. The molecule has 3 heteroatoms. The number of fused-ring (bicyclic) bond motifs is 7. The molecule has 0 saturated carbocycles. The summed E-state index contributed by atoms with van der Waals surface area (Å²) in [5.74, 6) is 0. The minimum absolute atomic E-state index is 1.11. The van der Waals surface area contributed by atoms with Gasteiger partial charge in [-0.3, -0.25) is 0 Å². The minimum atomic E-state index is 1.11.